The maximum absolute atomic E-state index is 11.8. The molecule has 1 aromatic rings. The van der Waals surface area contributed by atoms with Crippen LogP contribution < -0.4 is 10.6 Å². The van der Waals surface area contributed by atoms with E-state index in [4.69, 9.17) is 0 Å². The molecule has 0 saturated heterocycles. The summed E-state index contributed by atoms with van der Waals surface area (Å²) in [5, 5.41) is 6.02. The van der Waals surface area contributed by atoms with Crippen LogP contribution in [0.15, 0.2) is 24.3 Å². The topological polar surface area (TPSA) is 41.1 Å². The number of hydrogen-bond donors (Lipinski definition) is 2. The van der Waals surface area contributed by atoms with Gasteiger partial charge in [0.25, 0.3) is 0 Å². The van der Waals surface area contributed by atoms with Crippen molar-refractivity contribution in [2.24, 2.45) is 5.92 Å². The van der Waals surface area contributed by atoms with E-state index in [-0.39, 0.29) is 11.6 Å². The molecule has 1 saturated carbocycles. The third-order valence-electron chi connectivity index (χ3n) is 3.38. The van der Waals surface area contributed by atoms with Gasteiger partial charge in [0.2, 0.25) is 0 Å². The molecule has 0 bridgehead atoms. The molecule has 0 aliphatic heterocycles. The van der Waals surface area contributed by atoms with Gasteiger partial charge in [-0.2, -0.15) is 0 Å². The van der Waals surface area contributed by atoms with E-state index in [9.17, 15) is 4.79 Å². The number of nitrogens with one attached hydrogen (secondary N) is 2. The minimum absolute atomic E-state index is 0.0539. The first-order valence-electron chi connectivity index (χ1n) is 6.65. The van der Waals surface area contributed by atoms with Crippen LogP contribution in [-0.4, -0.2) is 12.6 Å². The van der Waals surface area contributed by atoms with Crippen molar-refractivity contribution in [2.75, 3.05) is 6.54 Å². The highest BCUT2D eigenvalue weighted by atomic mass is 16.2. The molecular formula is C15H22N2O. The molecule has 0 unspecified atom stereocenters. The molecule has 0 aromatic heterocycles. The summed E-state index contributed by atoms with van der Waals surface area (Å²) in [6.45, 7) is 6.97. The van der Waals surface area contributed by atoms with Crippen molar-refractivity contribution in [1.82, 2.24) is 10.6 Å². The number of aryl methyl sites for hydroxylation is 1. The summed E-state index contributed by atoms with van der Waals surface area (Å²) in [7, 11) is 0. The van der Waals surface area contributed by atoms with Crippen molar-refractivity contribution < 1.29 is 4.79 Å². The van der Waals surface area contributed by atoms with Crippen LogP contribution in [-0.2, 0) is 5.54 Å². The molecule has 2 amide bonds. The van der Waals surface area contributed by atoms with Crippen LogP contribution in [0.5, 0.6) is 0 Å². The lowest BCUT2D eigenvalue weighted by Gasteiger charge is -2.19. The van der Waals surface area contributed by atoms with Gasteiger partial charge in [0, 0.05) is 6.54 Å². The summed E-state index contributed by atoms with van der Waals surface area (Å²) in [5.74, 6) is 0.477. The van der Waals surface area contributed by atoms with E-state index in [0.717, 1.165) is 19.4 Å². The van der Waals surface area contributed by atoms with Crippen LogP contribution in [0.2, 0.25) is 0 Å². The number of carbonyl (C=O) groups is 1. The number of carbonyl (C=O) groups excluding carboxylic acids is 1. The molecule has 2 N–H and O–H groups in total. The summed E-state index contributed by atoms with van der Waals surface area (Å²) in [6.07, 6.45) is 2.07. The Labute approximate surface area is 109 Å². The molecule has 3 heteroatoms. The summed E-state index contributed by atoms with van der Waals surface area (Å²) in [4.78, 5) is 11.8. The monoisotopic (exact) mass is 246 g/mol. The van der Waals surface area contributed by atoms with E-state index in [1.54, 1.807) is 0 Å². The Kier molecular flexibility index (Phi) is 3.60. The van der Waals surface area contributed by atoms with Crippen LogP contribution in [0.25, 0.3) is 0 Å². The van der Waals surface area contributed by atoms with Gasteiger partial charge in [-0.15, -0.1) is 0 Å². The molecule has 18 heavy (non-hydrogen) atoms. The summed E-state index contributed by atoms with van der Waals surface area (Å²) in [6, 6.07) is 8.38. The molecule has 0 radical (unpaired) electrons. The maximum atomic E-state index is 11.8. The van der Waals surface area contributed by atoms with E-state index < -0.39 is 0 Å². The minimum Gasteiger partial charge on any atom is -0.338 e. The fourth-order valence-corrected chi connectivity index (χ4v) is 2.04. The summed E-state index contributed by atoms with van der Waals surface area (Å²) < 4.78 is 0. The predicted molar refractivity (Wildman–Crippen MR) is 73.5 cm³/mol. The van der Waals surface area contributed by atoms with Crippen LogP contribution in [0.3, 0.4) is 0 Å². The Hall–Kier alpha value is -1.51. The van der Waals surface area contributed by atoms with E-state index in [2.05, 4.69) is 55.7 Å². The smallest absolute Gasteiger partial charge is 0.315 e. The largest absolute Gasteiger partial charge is 0.338 e. The number of amides is 2. The standard InChI is InChI=1S/C15H22N2O/c1-11(2)10-16-14(18)17-15(8-9-15)13-6-4-12(3)5-7-13/h4-7,11H,8-10H2,1-3H3,(H2,16,17,18). The Balaban J connectivity index is 1.96. The van der Waals surface area contributed by atoms with Crippen molar-refractivity contribution in [3.05, 3.63) is 35.4 Å². The first-order valence-corrected chi connectivity index (χ1v) is 6.65. The number of benzene rings is 1. The first-order chi connectivity index (χ1) is 8.52. The number of hydrogen-bond acceptors (Lipinski definition) is 1. The predicted octanol–water partition coefficient (Wildman–Crippen LogP) is 2.94. The van der Waals surface area contributed by atoms with E-state index >= 15 is 0 Å². The zero-order valence-electron chi connectivity index (χ0n) is 11.4. The lowest BCUT2D eigenvalue weighted by molar-refractivity contribution is 0.234. The maximum Gasteiger partial charge on any atom is 0.315 e. The Bertz CT molecular complexity index is 419. The van der Waals surface area contributed by atoms with Gasteiger partial charge in [-0.3, -0.25) is 0 Å². The van der Waals surface area contributed by atoms with Gasteiger partial charge in [-0.25, -0.2) is 4.79 Å². The number of rotatable bonds is 4. The van der Waals surface area contributed by atoms with Crippen molar-refractivity contribution in [2.45, 2.75) is 39.2 Å². The average Bonchev–Trinajstić information content (AvgIpc) is 3.08. The van der Waals surface area contributed by atoms with Gasteiger partial charge >= 0.3 is 6.03 Å². The zero-order valence-corrected chi connectivity index (χ0v) is 11.4. The second-order valence-corrected chi connectivity index (χ2v) is 5.68. The molecular weight excluding hydrogens is 224 g/mol. The molecule has 1 aliphatic carbocycles. The van der Waals surface area contributed by atoms with Gasteiger partial charge < -0.3 is 10.6 Å². The Morgan fingerprint density at radius 2 is 1.89 bits per heavy atom. The summed E-state index contributed by atoms with van der Waals surface area (Å²) in [5.41, 5.74) is 2.35. The molecule has 1 aliphatic rings. The minimum atomic E-state index is -0.116. The molecule has 0 spiro atoms. The third kappa shape index (κ3) is 3.03. The van der Waals surface area contributed by atoms with Crippen molar-refractivity contribution in [3.63, 3.8) is 0 Å². The van der Waals surface area contributed by atoms with Gasteiger partial charge in [0.1, 0.15) is 0 Å². The molecule has 98 valence electrons. The highest BCUT2D eigenvalue weighted by molar-refractivity contribution is 5.75. The fourth-order valence-electron chi connectivity index (χ4n) is 2.04. The quantitative estimate of drug-likeness (QED) is 0.842. The van der Waals surface area contributed by atoms with E-state index in [0.29, 0.717) is 5.92 Å². The average molecular weight is 246 g/mol. The molecule has 3 nitrogen and oxygen atoms in total. The van der Waals surface area contributed by atoms with Crippen LogP contribution >= 0.6 is 0 Å². The second kappa shape index (κ2) is 5.01. The van der Waals surface area contributed by atoms with E-state index in [1.165, 1.54) is 11.1 Å². The van der Waals surface area contributed by atoms with Crippen molar-refractivity contribution in [3.8, 4) is 0 Å². The summed E-state index contributed by atoms with van der Waals surface area (Å²) >= 11 is 0. The van der Waals surface area contributed by atoms with Crippen LogP contribution in [0, 0.1) is 12.8 Å². The van der Waals surface area contributed by atoms with Gasteiger partial charge in [0.05, 0.1) is 5.54 Å². The van der Waals surface area contributed by atoms with Gasteiger partial charge in [-0.05, 0) is 31.2 Å². The lowest BCUT2D eigenvalue weighted by atomic mass is 10.0. The normalized spacial score (nSPS) is 16.4. The molecule has 0 heterocycles. The third-order valence-corrected chi connectivity index (χ3v) is 3.38. The highest BCUT2D eigenvalue weighted by Gasteiger charge is 2.45. The molecule has 1 aromatic carbocycles. The Morgan fingerprint density at radius 1 is 1.28 bits per heavy atom. The van der Waals surface area contributed by atoms with Gasteiger partial charge in [-0.1, -0.05) is 43.7 Å². The SMILES string of the molecule is Cc1ccc(C2(NC(=O)NCC(C)C)CC2)cc1. The van der Waals surface area contributed by atoms with Gasteiger partial charge in [0.15, 0.2) is 0 Å². The molecule has 0 atom stereocenters. The van der Waals surface area contributed by atoms with Crippen LogP contribution in [0.1, 0.15) is 37.8 Å². The van der Waals surface area contributed by atoms with Crippen LogP contribution in [0.4, 0.5) is 4.79 Å². The lowest BCUT2D eigenvalue weighted by Crippen LogP contribution is -2.43. The number of urea groups is 1. The zero-order chi connectivity index (χ0) is 13.2. The second-order valence-electron chi connectivity index (χ2n) is 5.68. The Morgan fingerprint density at radius 3 is 2.39 bits per heavy atom. The highest BCUT2D eigenvalue weighted by Crippen LogP contribution is 2.45. The van der Waals surface area contributed by atoms with E-state index in [1.807, 2.05) is 0 Å². The van der Waals surface area contributed by atoms with Crippen molar-refractivity contribution in [1.29, 1.82) is 0 Å². The molecule has 2 rings (SSSR count). The first kappa shape index (κ1) is 12.9. The van der Waals surface area contributed by atoms with Crippen molar-refractivity contribution >= 4 is 6.03 Å². The molecule has 1 fully saturated rings. The fraction of sp³-hybridized carbons (Fsp3) is 0.533.